The van der Waals surface area contributed by atoms with Gasteiger partial charge in [0.05, 0.1) is 0 Å². The fourth-order valence-corrected chi connectivity index (χ4v) is 0.593. The number of carboxylic acid groups (broad SMARTS) is 1. The van der Waals surface area contributed by atoms with Crippen molar-refractivity contribution in [2.24, 2.45) is 11.1 Å². The Morgan fingerprint density at radius 3 is 2.08 bits per heavy atom. The highest BCUT2D eigenvalue weighted by Gasteiger charge is 2.25. The highest BCUT2D eigenvalue weighted by Crippen LogP contribution is 2.17. The fourth-order valence-electron chi connectivity index (χ4n) is 0.593. The Hall–Kier alpha value is -0.900. The topological polar surface area (TPSA) is 80.4 Å². The first-order valence-corrected chi connectivity index (χ1v) is 3.77. The third-order valence-corrected chi connectivity index (χ3v) is 1.56. The molecule has 0 amide bonds. The van der Waals surface area contributed by atoms with E-state index in [2.05, 4.69) is 0 Å². The molecule has 0 saturated heterocycles. The van der Waals surface area contributed by atoms with Crippen LogP contribution in [0, 0.1) is 5.41 Å². The summed E-state index contributed by atoms with van der Waals surface area (Å²) < 4.78 is 0. The van der Waals surface area contributed by atoms with Crippen LogP contribution in [0.15, 0.2) is 0 Å². The number of Topliss-reactive ketones (excluding diaryl/α,β-unsaturated/α-hetero) is 1. The molecular weight excluding hydrogens is 158 g/mol. The molecule has 0 aromatic carbocycles. The van der Waals surface area contributed by atoms with Gasteiger partial charge in [0.2, 0.25) is 0 Å². The van der Waals surface area contributed by atoms with Crippen LogP contribution in [0.25, 0.3) is 0 Å². The highest BCUT2D eigenvalue weighted by molar-refractivity contribution is 5.88. The highest BCUT2D eigenvalue weighted by atomic mass is 16.4. The van der Waals surface area contributed by atoms with Gasteiger partial charge in [-0.1, -0.05) is 20.8 Å². The van der Waals surface area contributed by atoms with Crippen LogP contribution in [-0.2, 0) is 9.59 Å². The lowest BCUT2D eigenvalue weighted by molar-refractivity contribution is -0.141. The zero-order valence-electron chi connectivity index (χ0n) is 7.63. The van der Waals surface area contributed by atoms with E-state index in [-0.39, 0.29) is 12.2 Å². The monoisotopic (exact) mass is 173 g/mol. The predicted molar refractivity (Wildman–Crippen MR) is 44.7 cm³/mol. The van der Waals surface area contributed by atoms with Gasteiger partial charge in [0.15, 0.2) is 0 Å². The van der Waals surface area contributed by atoms with E-state index in [9.17, 15) is 9.59 Å². The van der Waals surface area contributed by atoms with Gasteiger partial charge in [0, 0.05) is 11.8 Å². The van der Waals surface area contributed by atoms with Crippen LogP contribution < -0.4 is 5.73 Å². The Kier molecular flexibility index (Phi) is 3.39. The van der Waals surface area contributed by atoms with E-state index in [4.69, 9.17) is 10.8 Å². The van der Waals surface area contributed by atoms with E-state index in [0.29, 0.717) is 0 Å². The summed E-state index contributed by atoms with van der Waals surface area (Å²) >= 11 is 0. The van der Waals surface area contributed by atoms with Crippen molar-refractivity contribution in [1.82, 2.24) is 0 Å². The van der Waals surface area contributed by atoms with Gasteiger partial charge >= 0.3 is 5.97 Å². The van der Waals surface area contributed by atoms with Crippen molar-refractivity contribution in [1.29, 1.82) is 0 Å². The summed E-state index contributed by atoms with van der Waals surface area (Å²) in [6.07, 6.45) is -0.0984. The maximum atomic E-state index is 11.2. The molecule has 0 fully saturated rings. The van der Waals surface area contributed by atoms with Crippen molar-refractivity contribution in [3.8, 4) is 0 Å². The van der Waals surface area contributed by atoms with Crippen LogP contribution in [0.2, 0.25) is 0 Å². The number of hydrogen-bond acceptors (Lipinski definition) is 3. The number of carbonyl (C=O) groups is 2. The van der Waals surface area contributed by atoms with Crippen LogP contribution in [-0.4, -0.2) is 22.9 Å². The summed E-state index contributed by atoms with van der Waals surface area (Å²) in [5, 5.41) is 8.42. The second-order valence-electron chi connectivity index (χ2n) is 3.82. The number of carboxylic acids is 1. The molecule has 0 rings (SSSR count). The van der Waals surface area contributed by atoms with Gasteiger partial charge in [-0.05, 0) is 0 Å². The molecule has 0 saturated carbocycles. The molecule has 0 heterocycles. The Morgan fingerprint density at radius 2 is 1.83 bits per heavy atom. The molecule has 12 heavy (non-hydrogen) atoms. The van der Waals surface area contributed by atoms with E-state index >= 15 is 0 Å². The van der Waals surface area contributed by atoms with Crippen molar-refractivity contribution in [3.63, 3.8) is 0 Å². The van der Waals surface area contributed by atoms with E-state index in [1.165, 1.54) is 0 Å². The minimum absolute atomic E-state index is 0.0984. The first-order valence-electron chi connectivity index (χ1n) is 3.77. The third kappa shape index (κ3) is 3.48. The van der Waals surface area contributed by atoms with Crippen LogP contribution in [0.5, 0.6) is 0 Å². The Balaban J connectivity index is 4.11. The van der Waals surface area contributed by atoms with Gasteiger partial charge in [0.1, 0.15) is 11.8 Å². The van der Waals surface area contributed by atoms with Gasteiger partial charge in [-0.3, -0.25) is 9.59 Å². The van der Waals surface area contributed by atoms with Crippen molar-refractivity contribution in [3.05, 3.63) is 0 Å². The lowest BCUT2D eigenvalue weighted by atomic mass is 9.87. The van der Waals surface area contributed by atoms with Gasteiger partial charge in [0.25, 0.3) is 0 Å². The molecule has 3 N–H and O–H groups in total. The quantitative estimate of drug-likeness (QED) is 0.647. The summed E-state index contributed by atoms with van der Waals surface area (Å²) in [6, 6.07) is -1.07. The fraction of sp³-hybridized carbons (Fsp3) is 0.750. The van der Waals surface area contributed by atoms with Crippen molar-refractivity contribution >= 4 is 11.8 Å². The summed E-state index contributed by atoms with van der Waals surface area (Å²) in [4.78, 5) is 21.5. The Bertz CT molecular complexity index is 193. The zero-order valence-corrected chi connectivity index (χ0v) is 7.63. The smallest absolute Gasteiger partial charge is 0.320 e. The van der Waals surface area contributed by atoms with Crippen molar-refractivity contribution in [2.75, 3.05) is 0 Å². The van der Waals surface area contributed by atoms with Gasteiger partial charge in [-0.2, -0.15) is 0 Å². The molecule has 4 nitrogen and oxygen atoms in total. The number of ketones is 1. The first-order chi connectivity index (χ1) is 5.25. The van der Waals surface area contributed by atoms with Crippen LogP contribution in [0.1, 0.15) is 27.2 Å². The molecule has 0 unspecified atom stereocenters. The standard InChI is InChI=1S/C8H15NO3/c1-8(2,3)6(10)4-5(9)7(11)12/h5H,4,9H2,1-3H3,(H,11,12)/t5-/m0/s1. The van der Waals surface area contributed by atoms with Crippen molar-refractivity contribution in [2.45, 2.75) is 33.2 Å². The molecule has 0 aliphatic heterocycles. The molecular formula is C8H15NO3. The molecule has 0 radical (unpaired) electrons. The molecule has 70 valence electrons. The van der Waals surface area contributed by atoms with Crippen LogP contribution in [0.4, 0.5) is 0 Å². The maximum absolute atomic E-state index is 11.2. The minimum atomic E-state index is -1.13. The van der Waals surface area contributed by atoms with Gasteiger partial charge < -0.3 is 10.8 Å². The number of aliphatic carboxylic acids is 1. The Morgan fingerprint density at radius 1 is 1.42 bits per heavy atom. The van der Waals surface area contributed by atoms with Crippen LogP contribution >= 0.6 is 0 Å². The van der Waals surface area contributed by atoms with Crippen LogP contribution in [0.3, 0.4) is 0 Å². The lowest BCUT2D eigenvalue weighted by Crippen LogP contribution is -2.36. The van der Waals surface area contributed by atoms with E-state index in [1.807, 2.05) is 0 Å². The summed E-state index contributed by atoms with van der Waals surface area (Å²) in [7, 11) is 0. The molecule has 0 aliphatic carbocycles. The summed E-state index contributed by atoms with van der Waals surface area (Å²) in [6.45, 7) is 5.22. The number of carbonyl (C=O) groups excluding carboxylic acids is 1. The van der Waals surface area contributed by atoms with Gasteiger partial charge in [-0.15, -0.1) is 0 Å². The Labute approximate surface area is 71.8 Å². The summed E-state index contributed by atoms with van der Waals surface area (Å²) in [5.41, 5.74) is 4.69. The maximum Gasteiger partial charge on any atom is 0.320 e. The summed E-state index contributed by atoms with van der Waals surface area (Å²) in [5.74, 6) is -1.26. The van der Waals surface area contributed by atoms with Crippen molar-refractivity contribution < 1.29 is 14.7 Å². The number of hydrogen-bond donors (Lipinski definition) is 2. The van der Waals surface area contributed by atoms with E-state index in [1.54, 1.807) is 20.8 Å². The second-order valence-corrected chi connectivity index (χ2v) is 3.82. The average molecular weight is 173 g/mol. The molecule has 1 atom stereocenters. The lowest BCUT2D eigenvalue weighted by Gasteiger charge is -2.17. The van der Waals surface area contributed by atoms with E-state index < -0.39 is 17.4 Å². The zero-order chi connectivity index (χ0) is 9.94. The molecule has 4 heteroatoms. The third-order valence-electron chi connectivity index (χ3n) is 1.56. The molecule has 0 aliphatic rings. The minimum Gasteiger partial charge on any atom is -0.480 e. The average Bonchev–Trinajstić information content (AvgIpc) is 1.85. The molecule has 0 bridgehead atoms. The van der Waals surface area contributed by atoms with E-state index in [0.717, 1.165) is 0 Å². The SMILES string of the molecule is CC(C)(C)C(=O)C[C@H](N)C(=O)O. The largest absolute Gasteiger partial charge is 0.480 e. The molecule has 0 spiro atoms. The first kappa shape index (κ1) is 11.1. The van der Waals surface area contributed by atoms with Gasteiger partial charge in [-0.25, -0.2) is 0 Å². The number of nitrogens with two attached hydrogens (primary N) is 1. The predicted octanol–water partition coefficient (Wildman–Crippen LogP) is 0.404. The molecule has 0 aromatic rings. The normalized spacial score (nSPS) is 14.0. The molecule has 0 aromatic heterocycles. The second kappa shape index (κ2) is 3.67. The number of rotatable bonds is 3.